The molecule has 0 saturated heterocycles. The summed E-state index contributed by atoms with van der Waals surface area (Å²) >= 11 is 6.82. The highest BCUT2D eigenvalue weighted by Crippen LogP contribution is 2.26. The molecule has 16 heavy (non-hydrogen) atoms. The molecular weight excluding hydrogens is 309 g/mol. The Kier molecular flexibility index (Phi) is 4.26. The normalized spacial score (nSPS) is 11.3. The van der Waals surface area contributed by atoms with E-state index in [1.807, 2.05) is 0 Å². The van der Waals surface area contributed by atoms with Crippen LogP contribution in [0.1, 0.15) is 10.4 Å². The van der Waals surface area contributed by atoms with Crippen LogP contribution in [0.25, 0.3) is 0 Å². The molecule has 0 aliphatic carbocycles. The van der Waals surface area contributed by atoms with Crippen LogP contribution in [-0.2, 0) is 0 Å². The fraction of sp³-hybridized carbons (Fsp3) is 0.222. The molecule has 0 radical (unpaired) electrons. The van der Waals surface area contributed by atoms with Crippen molar-refractivity contribution < 1.29 is 22.7 Å². The highest BCUT2D eigenvalue weighted by atomic mass is 79.9. The number of Topliss-reactive ketones (excluding diaryl/α,β-unsaturated/α-hetero) is 1. The fourth-order valence-corrected chi connectivity index (χ4v) is 1.60. The molecule has 0 aliphatic heterocycles. The maximum Gasteiger partial charge on any atom is 0.573 e. The minimum absolute atomic E-state index is 0.0235. The molecule has 0 spiro atoms. The average molecular weight is 315 g/mol. The summed E-state index contributed by atoms with van der Waals surface area (Å²) in [4.78, 5) is 11.5. The van der Waals surface area contributed by atoms with Crippen molar-refractivity contribution in [1.82, 2.24) is 0 Å². The molecule has 0 unspecified atom stereocenters. The van der Waals surface area contributed by atoms with Gasteiger partial charge in [0.25, 0.3) is 0 Å². The quantitative estimate of drug-likeness (QED) is 0.525. The van der Waals surface area contributed by atoms with Crippen LogP contribution in [0, 0.1) is 0 Å². The van der Waals surface area contributed by atoms with E-state index in [0.717, 1.165) is 12.1 Å². The van der Waals surface area contributed by atoms with E-state index in [4.69, 9.17) is 0 Å². The second kappa shape index (κ2) is 5.09. The Balaban J connectivity index is 3.03. The van der Waals surface area contributed by atoms with Gasteiger partial charge in [0.15, 0.2) is 5.78 Å². The van der Waals surface area contributed by atoms with Gasteiger partial charge in [-0.25, -0.2) is 0 Å². The summed E-state index contributed by atoms with van der Waals surface area (Å²) in [6.45, 7) is 0. The SMILES string of the molecule is O=C(CBr)c1cc(S)cc(OC(F)(F)F)c1. The number of ketones is 1. The van der Waals surface area contributed by atoms with Gasteiger partial charge in [-0.1, -0.05) is 15.9 Å². The van der Waals surface area contributed by atoms with Gasteiger partial charge < -0.3 is 4.74 Å². The predicted molar refractivity (Wildman–Crippen MR) is 58.5 cm³/mol. The molecule has 1 aromatic carbocycles. The van der Waals surface area contributed by atoms with Crippen LogP contribution in [0.15, 0.2) is 23.1 Å². The maximum absolute atomic E-state index is 11.9. The van der Waals surface area contributed by atoms with Gasteiger partial charge in [-0.2, -0.15) is 0 Å². The summed E-state index contributed by atoms with van der Waals surface area (Å²) in [5, 5.41) is 0.0235. The van der Waals surface area contributed by atoms with Crippen LogP contribution in [-0.4, -0.2) is 17.5 Å². The lowest BCUT2D eigenvalue weighted by molar-refractivity contribution is -0.274. The molecule has 1 rings (SSSR count). The summed E-state index contributed by atoms with van der Waals surface area (Å²) in [6, 6.07) is 3.48. The minimum atomic E-state index is -4.78. The first kappa shape index (κ1) is 13.4. The molecule has 0 N–H and O–H groups in total. The molecule has 0 fully saturated rings. The van der Waals surface area contributed by atoms with Gasteiger partial charge in [0.05, 0.1) is 5.33 Å². The molecule has 0 atom stereocenters. The zero-order chi connectivity index (χ0) is 12.3. The van der Waals surface area contributed by atoms with Crippen LogP contribution < -0.4 is 4.74 Å². The molecule has 1 aromatic rings. The highest BCUT2D eigenvalue weighted by Gasteiger charge is 2.31. The Labute approximate surface area is 103 Å². The van der Waals surface area contributed by atoms with Gasteiger partial charge in [-0.3, -0.25) is 4.79 Å². The number of ether oxygens (including phenoxy) is 1. The van der Waals surface area contributed by atoms with Gasteiger partial charge in [0, 0.05) is 10.5 Å². The first-order chi connectivity index (χ1) is 7.31. The summed E-state index contributed by atoms with van der Waals surface area (Å²) in [6.07, 6.45) is -4.78. The third-order valence-electron chi connectivity index (χ3n) is 1.57. The summed E-state index contributed by atoms with van der Waals surface area (Å²) in [5.41, 5.74) is 0.114. The van der Waals surface area contributed by atoms with Crippen LogP contribution >= 0.6 is 28.6 Å². The van der Waals surface area contributed by atoms with E-state index in [-0.39, 0.29) is 21.6 Å². The number of carbonyl (C=O) groups excluding carboxylic acids is 1. The van der Waals surface area contributed by atoms with E-state index in [9.17, 15) is 18.0 Å². The van der Waals surface area contributed by atoms with E-state index in [0.29, 0.717) is 0 Å². The molecule has 7 heteroatoms. The van der Waals surface area contributed by atoms with Crippen molar-refractivity contribution in [2.45, 2.75) is 11.3 Å². The zero-order valence-electron chi connectivity index (χ0n) is 7.71. The van der Waals surface area contributed by atoms with Gasteiger partial charge in [-0.15, -0.1) is 25.8 Å². The van der Waals surface area contributed by atoms with Crippen molar-refractivity contribution in [1.29, 1.82) is 0 Å². The maximum atomic E-state index is 11.9. The van der Waals surface area contributed by atoms with Crippen molar-refractivity contribution in [2.75, 3.05) is 5.33 Å². The number of halogens is 4. The predicted octanol–water partition coefficient (Wildman–Crippen LogP) is 3.45. The second-order valence-corrected chi connectivity index (χ2v) is 3.90. The van der Waals surface area contributed by atoms with Crippen molar-refractivity contribution in [3.63, 3.8) is 0 Å². The Morgan fingerprint density at radius 2 is 2.00 bits per heavy atom. The third-order valence-corrected chi connectivity index (χ3v) is 2.34. The number of rotatable bonds is 3. The van der Waals surface area contributed by atoms with Crippen LogP contribution in [0.5, 0.6) is 5.75 Å². The van der Waals surface area contributed by atoms with E-state index in [1.54, 1.807) is 0 Å². The molecule has 0 bridgehead atoms. The number of thiol groups is 1. The number of hydrogen-bond acceptors (Lipinski definition) is 3. The van der Waals surface area contributed by atoms with Crippen molar-refractivity contribution in [3.8, 4) is 5.75 Å². The lowest BCUT2D eigenvalue weighted by Gasteiger charge is -2.10. The van der Waals surface area contributed by atoms with Crippen LogP contribution in [0.4, 0.5) is 13.2 Å². The van der Waals surface area contributed by atoms with E-state index in [1.165, 1.54) is 6.07 Å². The van der Waals surface area contributed by atoms with Crippen molar-refractivity contribution in [2.24, 2.45) is 0 Å². The smallest absolute Gasteiger partial charge is 0.406 e. The van der Waals surface area contributed by atoms with Crippen molar-refractivity contribution >= 4 is 34.3 Å². The number of carbonyl (C=O) groups is 1. The summed E-state index contributed by atoms with van der Waals surface area (Å²) in [5.74, 6) is -0.799. The zero-order valence-corrected chi connectivity index (χ0v) is 10.2. The van der Waals surface area contributed by atoms with Gasteiger partial charge in [-0.05, 0) is 18.2 Å². The van der Waals surface area contributed by atoms with E-state index in [2.05, 4.69) is 33.3 Å². The lowest BCUT2D eigenvalue weighted by atomic mass is 10.1. The molecular formula is C9H6BrF3O2S. The standard InChI is InChI=1S/C9H6BrF3O2S/c10-4-8(14)5-1-6(3-7(16)2-5)15-9(11,12)13/h1-3,16H,4H2. The molecule has 88 valence electrons. The number of benzene rings is 1. The Bertz CT molecular complexity index is 406. The molecule has 0 aliphatic rings. The molecule has 0 saturated carbocycles. The van der Waals surface area contributed by atoms with E-state index < -0.39 is 12.1 Å². The second-order valence-electron chi connectivity index (χ2n) is 2.82. The van der Waals surface area contributed by atoms with E-state index >= 15 is 0 Å². The lowest BCUT2D eigenvalue weighted by Crippen LogP contribution is -2.17. The largest absolute Gasteiger partial charge is 0.573 e. The van der Waals surface area contributed by atoms with Crippen LogP contribution in [0.3, 0.4) is 0 Å². The molecule has 2 nitrogen and oxygen atoms in total. The fourth-order valence-electron chi connectivity index (χ4n) is 1.01. The molecule has 0 aromatic heterocycles. The average Bonchev–Trinajstić information content (AvgIpc) is 2.12. The van der Waals surface area contributed by atoms with Crippen LogP contribution in [0.2, 0.25) is 0 Å². The minimum Gasteiger partial charge on any atom is -0.406 e. The monoisotopic (exact) mass is 314 g/mol. The number of alkyl halides is 4. The third kappa shape index (κ3) is 4.05. The van der Waals surface area contributed by atoms with Gasteiger partial charge >= 0.3 is 6.36 Å². The summed E-state index contributed by atoms with van der Waals surface area (Å²) < 4.78 is 39.5. The molecule has 0 heterocycles. The Morgan fingerprint density at radius 3 is 2.50 bits per heavy atom. The van der Waals surface area contributed by atoms with Gasteiger partial charge in [0.2, 0.25) is 0 Å². The number of hydrogen-bond donors (Lipinski definition) is 1. The Hall–Kier alpha value is -0.690. The summed E-state index contributed by atoms with van der Waals surface area (Å²) in [7, 11) is 0. The molecule has 0 amide bonds. The van der Waals surface area contributed by atoms with Crippen molar-refractivity contribution in [3.05, 3.63) is 23.8 Å². The first-order valence-electron chi connectivity index (χ1n) is 4.01. The first-order valence-corrected chi connectivity index (χ1v) is 5.57. The Morgan fingerprint density at radius 1 is 1.38 bits per heavy atom. The topological polar surface area (TPSA) is 26.3 Å². The highest BCUT2D eigenvalue weighted by molar-refractivity contribution is 9.09. The van der Waals surface area contributed by atoms with Gasteiger partial charge in [0.1, 0.15) is 5.75 Å².